The molecule has 0 N–H and O–H groups in total. The van der Waals surface area contributed by atoms with Gasteiger partial charge >= 0.3 is 0 Å². The topological polar surface area (TPSA) is 25.9 Å². The van der Waals surface area contributed by atoms with Crippen LogP contribution in [0.5, 0.6) is 0 Å². The van der Waals surface area contributed by atoms with Gasteiger partial charge in [-0.1, -0.05) is 110 Å². The van der Waals surface area contributed by atoms with Crippen LogP contribution in [0.4, 0.5) is 0 Å². The fourth-order valence-electron chi connectivity index (χ4n) is 8.22. The lowest BCUT2D eigenvalue weighted by Crippen LogP contribution is -2.47. The summed E-state index contributed by atoms with van der Waals surface area (Å²) in [4.78, 5) is 19.9. The summed E-state index contributed by atoms with van der Waals surface area (Å²) in [6, 6.07) is 0. The molecule has 4 aliphatic rings. The first kappa shape index (κ1) is 59.8. The summed E-state index contributed by atoms with van der Waals surface area (Å²) in [7, 11) is 6.40. The molecule has 0 amide bonds. The molecule has 4 aliphatic heterocycles. The average molecular weight is 826 g/mol. The van der Waals surface area contributed by atoms with Crippen LogP contribution in [0.15, 0.2) is 0 Å². The molecule has 8 heteroatoms. The monoisotopic (exact) mass is 825 g/mol. The Balaban J connectivity index is 0. The molecule has 0 saturated carbocycles. The van der Waals surface area contributed by atoms with E-state index in [0.29, 0.717) is 0 Å². The summed E-state index contributed by atoms with van der Waals surface area (Å²) < 4.78 is 0. The van der Waals surface area contributed by atoms with Gasteiger partial charge in [0.15, 0.2) is 0 Å². The zero-order valence-electron chi connectivity index (χ0n) is 43.4. The first-order chi connectivity index (χ1) is 27.3. The quantitative estimate of drug-likeness (QED) is 0.162. The fourth-order valence-corrected chi connectivity index (χ4v) is 8.22. The van der Waals surface area contributed by atoms with Crippen LogP contribution in [-0.4, -0.2) is 198 Å². The van der Waals surface area contributed by atoms with Gasteiger partial charge in [-0.15, -0.1) is 0 Å². The van der Waals surface area contributed by atoms with Crippen molar-refractivity contribution in [2.45, 2.75) is 136 Å². The molecule has 0 aromatic heterocycles. The maximum absolute atomic E-state index is 2.59. The molecular formula is C50H112N8. The Labute approximate surface area is 368 Å². The molecule has 0 aromatic rings. The van der Waals surface area contributed by atoms with Gasteiger partial charge in [-0.05, 0) is 135 Å². The van der Waals surface area contributed by atoms with Gasteiger partial charge in [-0.25, -0.2) is 0 Å². The van der Waals surface area contributed by atoms with Crippen molar-refractivity contribution in [3.8, 4) is 0 Å². The first-order valence-electron chi connectivity index (χ1n) is 25.0. The maximum Gasteiger partial charge on any atom is 0.0110 e. The lowest BCUT2D eigenvalue weighted by atomic mass is 10.1. The summed E-state index contributed by atoms with van der Waals surface area (Å²) in [6.07, 6.45) is 7.15. The number of piperidine rings is 1. The number of hydrogen-bond acceptors (Lipinski definition) is 8. The van der Waals surface area contributed by atoms with Crippen LogP contribution in [0, 0.1) is 35.5 Å². The lowest BCUT2D eigenvalue weighted by Gasteiger charge is -2.34. The lowest BCUT2D eigenvalue weighted by molar-refractivity contribution is 0.127. The van der Waals surface area contributed by atoms with Crippen LogP contribution in [0.3, 0.4) is 0 Å². The normalized spacial score (nSPS) is 19.1. The van der Waals surface area contributed by atoms with Gasteiger partial charge in [0.1, 0.15) is 0 Å². The molecule has 0 radical (unpaired) electrons. The van der Waals surface area contributed by atoms with Crippen molar-refractivity contribution in [2.24, 2.45) is 35.5 Å². The van der Waals surface area contributed by atoms with Crippen molar-refractivity contribution >= 4 is 0 Å². The summed E-state index contributed by atoms with van der Waals surface area (Å²) in [5.74, 6) is 4.94. The van der Waals surface area contributed by atoms with Crippen molar-refractivity contribution in [1.82, 2.24) is 39.2 Å². The minimum absolute atomic E-state index is 0.801. The van der Waals surface area contributed by atoms with Gasteiger partial charge in [0, 0.05) is 85.1 Å². The van der Waals surface area contributed by atoms with Crippen LogP contribution >= 0.6 is 0 Å². The van der Waals surface area contributed by atoms with Gasteiger partial charge in [0.25, 0.3) is 0 Å². The van der Waals surface area contributed by atoms with E-state index >= 15 is 0 Å². The highest BCUT2D eigenvalue weighted by Crippen LogP contribution is 2.11. The van der Waals surface area contributed by atoms with Gasteiger partial charge in [-0.3, -0.25) is 0 Å². The Kier molecular flexibility index (Phi) is 39.5. The van der Waals surface area contributed by atoms with Gasteiger partial charge in [-0.2, -0.15) is 0 Å². The van der Waals surface area contributed by atoms with Gasteiger partial charge < -0.3 is 39.2 Å². The smallest absolute Gasteiger partial charge is 0.0110 e. The molecule has 0 unspecified atom stereocenters. The van der Waals surface area contributed by atoms with Gasteiger partial charge in [0.05, 0.1) is 0 Å². The predicted octanol–water partition coefficient (Wildman–Crippen LogP) is 9.22. The molecular weight excluding hydrogens is 713 g/mol. The molecule has 0 aromatic carbocycles. The molecule has 58 heavy (non-hydrogen) atoms. The zero-order chi connectivity index (χ0) is 44.5. The van der Waals surface area contributed by atoms with Crippen molar-refractivity contribution in [3.05, 3.63) is 0 Å². The number of likely N-dealkylation sites (N-methyl/N-ethyl adjacent to an activating group) is 2. The fraction of sp³-hybridized carbons (Fsp3) is 1.00. The molecule has 8 nitrogen and oxygen atoms in total. The van der Waals surface area contributed by atoms with Crippen LogP contribution in [0.1, 0.15) is 136 Å². The molecule has 352 valence electrons. The number of nitrogens with zero attached hydrogens (tertiary/aromatic N) is 8. The third-order valence-corrected chi connectivity index (χ3v) is 10.9. The first-order valence-corrected chi connectivity index (χ1v) is 25.0. The number of rotatable bonds is 15. The zero-order valence-corrected chi connectivity index (χ0v) is 43.4. The highest BCUT2D eigenvalue weighted by atomic mass is 15.3. The predicted molar refractivity (Wildman–Crippen MR) is 264 cm³/mol. The minimum atomic E-state index is 0.801. The van der Waals surface area contributed by atoms with Crippen LogP contribution in [-0.2, 0) is 0 Å². The Morgan fingerprint density at radius 2 is 0.655 bits per heavy atom. The van der Waals surface area contributed by atoms with E-state index in [2.05, 4.69) is 164 Å². The largest absolute Gasteiger partial charge is 0.309 e. The molecule has 0 aliphatic carbocycles. The molecule has 4 saturated heterocycles. The van der Waals surface area contributed by atoms with Crippen LogP contribution < -0.4 is 0 Å². The van der Waals surface area contributed by atoms with Crippen LogP contribution in [0.2, 0.25) is 0 Å². The maximum atomic E-state index is 2.59. The number of piperazine rings is 2. The Morgan fingerprint density at radius 1 is 0.362 bits per heavy atom. The second kappa shape index (κ2) is 38.4. The van der Waals surface area contributed by atoms with E-state index in [4.69, 9.17) is 0 Å². The molecule has 0 bridgehead atoms. The highest BCUT2D eigenvalue weighted by Gasteiger charge is 2.16. The average Bonchev–Trinajstić information content (AvgIpc) is 3.65. The van der Waals surface area contributed by atoms with E-state index in [-0.39, 0.29) is 0 Å². The van der Waals surface area contributed by atoms with E-state index in [1.54, 1.807) is 0 Å². The van der Waals surface area contributed by atoms with E-state index in [1.807, 2.05) is 0 Å². The van der Waals surface area contributed by atoms with E-state index in [9.17, 15) is 0 Å². The molecule has 4 rings (SSSR count). The molecule has 4 fully saturated rings. The van der Waals surface area contributed by atoms with Crippen molar-refractivity contribution in [1.29, 1.82) is 0 Å². The van der Waals surface area contributed by atoms with Crippen molar-refractivity contribution in [3.63, 3.8) is 0 Å². The molecule has 0 spiro atoms. The number of hydrogen-bond donors (Lipinski definition) is 0. The Morgan fingerprint density at radius 3 is 0.897 bits per heavy atom. The Bertz CT molecular complexity index is 801. The third kappa shape index (κ3) is 39.8. The molecule has 0 atom stereocenters. The molecule has 4 heterocycles. The standard InChI is InChI=1S/C10H22N2.C9H20N2.C9H19N.C8H17N.C8H19N.C6H15N/c1-4-11-5-7-12(8-6-11)9-10(2)3;1-9(2)8-11-6-4-10(3)5-7-11;1-9(2)8-10-6-4-3-5-7-10;1-8(2)7-9-5-3-4-6-9;1-5-9(6-2)7-8(3)4;1-6(2)5-7(3)4/h10H,4-9H2,1-3H3;9H,4-8H2,1-3H3;9H,3-8H2,1-2H3;8H,3-7H2,1-2H3;8H,5-7H2,1-4H3;6H,5H2,1-4H3. The SMILES string of the molecule is CC(C)CN(C)C.CC(C)CN1CCCC1.CC(C)CN1CCCCC1.CC(C)CN1CCN(C)CC1.CCN(CC)CC(C)C.CCN1CCN(CC(C)C)CC1. The van der Waals surface area contributed by atoms with E-state index in [1.165, 1.54) is 170 Å². The summed E-state index contributed by atoms with van der Waals surface area (Å²) in [5, 5.41) is 0. The minimum Gasteiger partial charge on any atom is -0.309 e. The Hall–Kier alpha value is -0.320. The second-order valence-corrected chi connectivity index (χ2v) is 20.8. The van der Waals surface area contributed by atoms with Crippen LogP contribution in [0.25, 0.3) is 0 Å². The summed E-state index contributed by atoms with van der Waals surface area (Å²) >= 11 is 0. The van der Waals surface area contributed by atoms with E-state index in [0.717, 1.165) is 35.5 Å². The van der Waals surface area contributed by atoms with E-state index < -0.39 is 0 Å². The van der Waals surface area contributed by atoms with Crippen molar-refractivity contribution in [2.75, 3.05) is 159 Å². The number of likely N-dealkylation sites (tertiary alicyclic amines) is 2. The van der Waals surface area contributed by atoms with Gasteiger partial charge in [0.2, 0.25) is 0 Å². The summed E-state index contributed by atoms with van der Waals surface area (Å²) in [6.45, 7) is 60.7. The summed E-state index contributed by atoms with van der Waals surface area (Å²) in [5.41, 5.74) is 0. The van der Waals surface area contributed by atoms with Crippen molar-refractivity contribution < 1.29 is 0 Å². The highest BCUT2D eigenvalue weighted by molar-refractivity contribution is 4.72. The second-order valence-electron chi connectivity index (χ2n) is 20.8. The third-order valence-electron chi connectivity index (χ3n) is 10.9.